The Balaban J connectivity index is 2.05. The molecule has 0 saturated heterocycles. The molecule has 0 unspecified atom stereocenters. The van der Waals surface area contributed by atoms with E-state index in [0.717, 1.165) is 5.56 Å². The first-order chi connectivity index (χ1) is 10.0. The number of phenolic OH excluding ortho intramolecular Hbond substituents is 2. The van der Waals surface area contributed by atoms with E-state index in [9.17, 15) is 14.6 Å². The molecule has 0 aliphatic heterocycles. The summed E-state index contributed by atoms with van der Waals surface area (Å²) < 4.78 is 18.5. The molecule has 1 heterocycles. The molecule has 106 valence electrons. The second kappa shape index (κ2) is 4.90. The van der Waals surface area contributed by atoms with Crippen LogP contribution in [0.25, 0.3) is 22.8 Å². The van der Waals surface area contributed by atoms with Crippen molar-refractivity contribution >= 4 is 0 Å². The summed E-state index contributed by atoms with van der Waals surface area (Å²) in [6.07, 6.45) is 0. The number of rotatable bonds is 2. The van der Waals surface area contributed by atoms with Gasteiger partial charge in [0.05, 0.1) is 5.56 Å². The van der Waals surface area contributed by atoms with Crippen molar-refractivity contribution in [2.45, 2.75) is 6.92 Å². The van der Waals surface area contributed by atoms with Crippen molar-refractivity contribution in [2.24, 2.45) is 0 Å². The Kier molecular flexibility index (Phi) is 3.06. The lowest BCUT2D eigenvalue weighted by molar-refractivity contribution is 0.423. The predicted molar refractivity (Wildman–Crippen MR) is 73.2 cm³/mol. The fourth-order valence-electron chi connectivity index (χ4n) is 2.01. The van der Waals surface area contributed by atoms with Crippen molar-refractivity contribution < 1.29 is 19.1 Å². The molecule has 0 spiro atoms. The minimum absolute atomic E-state index is 0.0378. The van der Waals surface area contributed by atoms with Crippen LogP contribution in [0.4, 0.5) is 4.39 Å². The molecule has 0 fully saturated rings. The summed E-state index contributed by atoms with van der Waals surface area (Å²) in [6, 6.07) is 8.38. The number of aromatic hydroxyl groups is 2. The molecular formula is C15H11FN2O3. The van der Waals surface area contributed by atoms with Gasteiger partial charge < -0.3 is 14.7 Å². The average Bonchev–Trinajstić information content (AvgIpc) is 2.90. The normalized spacial score (nSPS) is 10.8. The van der Waals surface area contributed by atoms with Crippen molar-refractivity contribution in [3.05, 3.63) is 47.8 Å². The molecule has 21 heavy (non-hydrogen) atoms. The van der Waals surface area contributed by atoms with Gasteiger partial charge in [-0.25, -0.2) is 4.39 Å². The number of phenols is 2. The molecule has 0 bridgehead atoms. The standard InChI is InChI=1S/C15H11FN2O3/c1-8-4-9(6-10(16)5-8)14-17-15(21-18-14)12-7-11(19)2-3-13(12)20/h2-7,19-20H,1H3. The molecule has 3 aromatic rings. The number of halogens is 1. The highest BCUT2D eigenvalue weighted by Gasteiger charge is 2.15. The van der Waals surface area contributed by atoms with E-state index >= 15 is 0 Å². The summed E-state index contributed by atoms with van der Waals surface area (Å²) in [7, 11) is 0. The Hall–Kier alpha value is -2.89. The van der Waals surface area contributed by atoms with E-state index in [4.69, 9.17) is 4.52 Å². The molecule has 0 aliphatic rings. The van der Waals surface area contributed by atoms with Gasteiger partial charge in [-0.1, -0.05) is 5.16 Å². The summed E-state index contributed by atoms with van der Waals surface area (Å²) in [5, 5.41) is 23.0. The molecule has 6 heteroatoms. The first-order valence-electron chi connectivity index (χ1n) is 6.16. The summed E-state index contributed by atoms with van der Waals surface area (Å²) in [4.78, 5) is 4.12. The highest BCUT2D eigenvalue weighted by Crippen LogP contribution is 2.32. The number of aryl methyl sites for hydroxylation is 1. The fraction of sp³-hybridized carbons (Fsp3) is 0.0667. The van der Waals surface area contributed by atoms with Crippen LogP contribution in [0.15, 0.2) is 40.9 Å². The van der Waals surface area contributed by atoms with Gasteiger partial charge in [0.1, 0.15) is 17.3 Å². The second-order valence-electron chi connectivity index (χ2n) is 4.64. The van der Waals surface area contributed by atoms with Crippen LogP contribution in [0, 0.1) is 12.7 Å². The van der Waals surface area contributed by atoms with Gasteiger partial charge in [0, 0.05) is 5.56 Å². The quantitative estimate of drug-likeness (QED) is 0.707. The first kappa shape index (κ1) is 13.1. The lowest BCUT2D eigenvalue weighted by atomic mass is 10.1. The minimum atomic E-state index is -0.392. The number of aromatic nitrogens is 2. The average molecular weight is 286 g/mol. The molecular weight excluding hydrogens is 275 g/mol. The van der Waals surface area contributed by atoms with Crippen LogP contribution in [0.3, 0.4) is 0 Å². The molecule has 0 amide bonds. The third kappa shape index (κ3) is 2.55. The molecule has 0 radical (unpaired) electrons. The summed E-state index contributed by atoms with van der Waals surface area (Å²) in [5.41, 5.74) is 1.42. The van der Waals surface area contributed by atoms with Crippen LogP contribution in [-0.2, 0) is 0 Å². The van der Waals surface area contributed by atoms with E-state index in [-0.39, 0.29) is 28.8 Å². The molecule has 0 atom stereocenters. The molecule has 2 N–H and O–H groups in total. The number of hydrogen-bond acceptors (Lipinski definition) is 5. The Morgan fingerprint density at radius 1 is 1.10 bits per heavy atom. The fourth-order valence-corrected chi connectivity index (χ4v) is 2.01. The van der Waals surface area contributed by atoms with Crippen molar-refractivity contribution in [1.29, 1.82) is 0 Å². The zero-order chi connectivity index (χ0) is 15.0. The zero-order valence-corrected chi connectivity index (χ0v) is 11.0. The summed E-state index contributed by atoms with van der Waals surface area (Å²) in [6.45, 7) is 1.76. The maximum absolute atomic E-state index is 13.4. The maximum Gasteiger partial charge on any atom is 0.262 e. The van der Waals surface area contributed by atoms with Gasteiger partial charge in [-0.05, 0) is 48.9 Å². The Morgan fingerprint density at radius 2 is 1.90 bits per heavy atom. The molecule has 0 aliphatic carbocycles. The van der Waals surface area contributed by atoms with Gasteiger partial charge in [-0.2, -0.15) is 4.98 Å². The van der Waals surface area contributed by atoms with Crippen LogP contribution < -0.4 is 0 Å². The zero-order valence-electron chi connectivity index (χ0n) is 11.0. The highest BCUT2D eigenvalue weighted by molar-refractivity contribution is 5.66. The molecule has 3 rings (SSSR count). The number of hydrogen-bond donors (Lipinski definition) is 2. The van der Waals surface area contributed by atoms with Gasteiger partial charge in [-0.3, -0.25) is 0 Å². The Morgan fingerprint density at radius 3 is 2.67 bits per heavy atom. The van der Waals surface area contributed by atoms with E-state index in [1.165, 1.54) is 30.3 Å². The van der Waals surface area contributed by atoms with Crippen LogP contribution in [-0.4, -0.2) is 20.4 Å². The lowest BCUT2D eigenvalue weighted by Crippen LogP contribution is -1.85. The molecule has 0 saturated carbocycles. The van der Waals surface area contributed by atoms with Crippen LogP contribution >= 0.6 is 0 Å². The Bertz CT molecular complexity index is 794. The third-order valence-corrected chi connectivity index (χ3v) is 2.94. The van der Waals surface area contributed by atoms with Gasteiger partial charge in [0.25, 0.3) is 5.89 Å². The lowest BCUT2D eigenvalue weighted by Gasteiger charge is -1.99. The summed E-state index contributed by atoms with van der Waals surface area (Å²) >= 11 is 0. The van der Waals surface area contributed by atoms with Gasteiger partial charge in [0.2, 0.25) is 5.82 Å². The number of nitrogens with zero attached hydrogens (tertiary/aromatic N) is 2. The first-order valence-corrected chi connectivity index (χ1v) is 6.16. The van der Waals surface area contributed by atoms with Gasteiger partial charge in [-0.15, -0.1) is 0 Å². The van der Waals surface area contributed by atoms with Crippen molar-refractivity contribution in [1.82, 2.24) is 10.1 Å². The van der Waals surface area contributed by atoms with E-state index in [2.05, 4.69) is 10.1 Å². The largest absolute Gasteiger partial charge is 0.508 e. The van der Waals surface area contributed by atoms with E-state index < -0.39 is 5.82 Å². The smallest absolute Gasteiger partial charge is 0.262 e. The monoisotopic (exact) mass is 286 g/mol. The number of benzene rings is 2. The predicted octanol–water partition coefficient (Wildman–Crippen LogP) is 3.26. The van der Waals surface area contributed by atoms with Crippen LogP contribution in [0.5, 0.6) is 11.5 Å². The van der Waals surface area contributed by atoms with Crippen molar-refractivity contribution in [3.63, 3.8) is 0 Å². The summed E-state index contributed by atoms with van der Waals surface area (Å²) in [5.74, 6) is -0.283. The van der Waals surface area contributed by atoms with E-state index in [1.807, 2.05) is 0 Å². The highest BCUT2D eigenvalue weighted by atomic mass is 19.1. The molecule has 5 nitrogen and oxygen atoms in total. The van der Waals surface area contributed by atoms with Gasteiger partial charge in [0.15, 0.2) is 0 Å². The molecule has 1 aromatic heterocycles. The topological polar surface area (TPSA) is 79.4 Å². The van der Waals surface area contributed by atoms with E-state index in [1.54, 1.807) is 13.0 Å². The van der Waals surface area contributed by atoms with Crippen molar-refractivity contribution in [3.8, 4) is 34.3 Å². The maximum atomic E-state index is 13.4. The van der Waals surface area contributed by atoms with Gasteiger partial charge >= 0.3 is 0 Å². The third-order valence-electron chi connectivity index (χ3n) is 2.94. The Labute approximate surface area is 119 Å². The van der Waals surface area contributed by atoms with Crippen LogP contribution in [0.2, 0.25) is 0 Å². The minimum Gasteiger partial charge on any atom is -0.508 e. The van der Waals surface area contributed by atoms with Crippen LogP contribution in [0.1, 0.15) is 5.56 Å². The van der Waals surface area contributed by atoms with Crippen molar-refractivity contribution in [2.75, 3.05) is 0 Å². The SMILES string of the molecule is Cc1cc(F)cc(-c2noc(-c3cc(O)ccc3O)n2)c1. The van der Waals surface area contributed by atoms with E-state index in [0.29, 0.717) is 5.56 Å². The second-order valence-corrected chi connectivity index (χ2v) is 4.64. The molecule has 2 aromatic carbocycles.